The van der Waals surface area contributed by atoms with E-state index in [-0.39, 0.29) is 0 Å². The first-order chi connectivity index (χ1) is 9.97. The second kappa shape index (κ2) is 5.07. The molecular weight excluding hydrogens is 284 g/mol. The van der Waals surface area contributed by atoms with Gasteiger partial charge in [0.2, 0.25) is 0 Å². The second-order valence-electron chi connectivity index (χ2n) is 5.43. The molecule has 0 spiro atoms. The normalized spacial score (nSPS) is 14.0. The third-order valence-corrected chi connectivity index (χ3v) is 5.27. The number of benzene rings is 2. The summed E-state index contributed by atoms with van der Waals surface area (Å²) in [6, 6.07) is 10.7. The molecule has 0 radical (unpaired) electrons. The molecule has 0 saturated heterocycles. The third-order valence-electron chi connectivity index (χ3n) is 3.92. The van der Waals surface area contributed by atoms with Crippen LogP contribution < -0.4 is 10.5 Å². The summed E-state index contributed by atoms with van der Waals surface area (Å²) in [5, 5.41) is 0. The maximum absolute atomic E-state index is 12.5. The molecule has 0 atom stereocenters. The topological polar surface area (TPSA) is 72.2 Å². The number of rotatable bonds is 3. The van der Waals surface area contributed by atoms with Gasteiger partial charge in [-0.25, -0.2) is 8.42 Å². The van der Waals surface area contributed by atoms with Crippen LogP contribution in [-0.2, 0) is 22.9 Å². The van der Waals surface area contributed by atoms with Crippen molar-refractivity contribution in [3.8, 4) is 0 Å². The quantitative estimate of drug-likeness (QED) is 0.856. The Bertz CT molecular complexity index is 778. The van der Waals surface area contributed by atoms with Gasteiger partial charge >= 0.3 is 0 Å². The van der Waals surface area contributed by atoms with E-state index in [2.05, 4.69) is 4.72 Å². The molecule has 3 N–H and O–H groups in total. The lowest BCUT2D eigenvalue weighted by molar-refractivity contribution is 0.601. The van der Waals surface area contributed by atoms with E-state index in [4.69, 9.17) is 5.73 Å². The molecule has 0 aliphatic heterocycles. The highest BCUT2D eigenvalue weighted by molar-refractivity contribution is 7.92. The van der Waals surface area contributed by atoms with Crippen molar-refractivity contribution < 1.29 is 8.42 Å². The Labute approximate surface area is 125 Å². The van der Waals surface area contributed by atoms with Gasteiger partial charge in [-0.1, -0.05) is 18.2 Å². The lowest BCUT2D eigenvalue weighted by Crippen LogP contribution is -2.15. The molecule has 0 unspecified atom stereocenters. The van der Waals surface area contributed by atoms with Crippen molar-refractivity contribution in [2.45, 2.75) is 31.1 Å². The van der Waals surface area contributed by atoms with Crippen LogP contribution in [0.25, 0.3) is 0 Å². The molecule has 21 heavy (non-hydrogen) atoms. The molecule has 5 heteroatoms. The van der Waals surface area contributed by atoms with Crippen LogP contribution in [0.5, 0.6) is 0 Å². The monoisotopic (exact) mass is 302 g/mol. The van der Waals surface area contributed by atoms with Crippen LogP contribution in [-0.4, -0.2) is 8.42 Å². The SMILES string of the molecule is Cc1cccc(N)c1NS(=O)(=O)c1ccc2c(c1)CCC2. The van der Waals surface area contributed by atoms with Crippen molar-refractivity contribution in [3.63, 3.8) is 0 Å². The number of hydrogen-bond donors (Lipinski definition) is 2. The zero-order valence-corrected chi connectivity index (χ0v) is 12.7. The van der Waals surface area contributed by atoms with Crippen LogP contribution in [0, 0.1) is 6.92 Å². The Balaban J connectivity index is 1.98. The van der Waals surface area contributed by atoms with Gasteiger partial charge in [-0.3, -0.25) is 4.72 Å². The Hall–Kier alpha value is -2.01. The van der Waals surface area contributed by atoms with Crippen LogP contribution in [0.2, 0.25) is 0 Å². The molecule has 0 saturated carbocycles. The molecule has 4 nitrogen and oxygen atoms in total. The number of nitrogens with two attached hydrogens (primary N) is 1. The predicted molar refractivity (Wildman–Crippen MR) is 84.9 cm³/mol. The van der Waals surface area contributed by atoms with Gasteiger partial charge in [-0.15, -0.1) is 0 Å². The number of nitrogens with one attached hydrogen (secondary N) is 1. The van der Waals surface area contributed by atoms with Crippen molar-refractivity contribution in [3.05, 3.63) is 53.1 Å². The average Bonchev–Trinajstić information content (AvgIpc) is 2.90. The standard InChI is InChI=1S/C16H18N2O2S/c1-11-4-2-7-15(17)16(11)18-21(19,20)14-9-8-12-5-3-6-13(12)10-14/h2,4,7-10,18H,3,5-6,17H2,1H3. The summed E-state index contributed by atoms with van der Waals surface area (Å²) in [5.74, 6) is 0. The summed E-state index contributed by atoms with van der Waals surface area (Å²) in [5.41, 5.74) is 9.95. The molecule has 2 aromatic rings. The number of nitrogen functional groups attached to an aromatic ring is 1. The number of para-hydroxylation sites is 1. The maximum Gasteiger partial charge on any atom is 0.261 e. The molecule has 1 aliphatic carbocycles. The lowest BCUT2D eigenvalue weighted by atomic mass is 10.1. The molecule has 0 aromatic heterocycles. The van der Waals surface area contributed by atoms with Crippen molar-refractivity contribution in [2.24, 2.45) is 0 Å². The third kappa shape index (κ3) is 2.61. The van der Waals surface area contributed by atoms with Crippen molar-refractivity contribution >= 4 is 21.4 Å². The first-order valence-corrected chi connectivity index (χ1v) is 8.45. The van der Waals surface area contributed by atoms with E-state index in [1.54, 1.807) is 24.3 Å². The fourth-order valence-electron chi connectivity index (χ4n) is 2.74. The number of aryl methyl sites for hydroxylation is 3. The summed E-state index contributed by atoms with van der Waals surface area (Å²) in [6.45, 7) is 1.83. The van der Waals surface area contributed by atoms with Crippen LogP contribution in [0.4, 0.5) is 11.4 Å². The summed E-state index contributed by atoms with van der Waals surface area (Å²) >= 11 is 0. The average molecular weight is 302 g/mol. The molecular formula is C16H18N2O2S. The molecule has 0 fully saturated rings. The lowest BCUT2D eigenvalue weighted by Gasteiger charge is -2.13. The van der Waals surface area contributed by atoms with E-state index in [9.17, 15) is 8.42 Å². The molecule has 3 rings (SSSR count). The molecule has 0 bridgehead atoms. The fourth-order valence-corrected chi connectivity index (χ4v) is 3.95. The van der Waals surface area contributed by atoms with Crippen molar-refractivity contribution in [1.82, 2.24) is 0 Å². The van der Waals surface area contributed by atoms with E-state index in [0.717, 1.165) is 30.4 Å². The smallest absolute Gasteiger partial charge is 0.261 e. The largest absolute Gasteiger partial charge is 0.397 e. The van der Waals surface area contributed by atoms with Gasteiger partial charge in [0.1, 0.15) is 0 Å². The van der Waals surface area contributed by atoms with E-state index in [1.807, 2.05) is 19.1 Å². The Morgan fingerprint density at radius 2 is 1.86 bits per heavy atom. The minimum atomic E-state index is -3.61. The van der Waals surface area contributed by atoms with Crippen LogP contribution in [0.1, 0.15) is 23.1 Å². The Morgan fingerprint density at radius 1 is 1.10 bits per heavy atom. The van der Waals surface area contributed by atoms with Gasteiger partial charge in [0.15, 0.2) is 0 Å². The van der Waals surface area contributed by atoms with Gasteiger partial charge in [0.25, 0.3) is 10.0 Å². The second-order valence-corrected chi connectivity index (χ2v) is 7.11. The van der Waals surface area contributed by atoms with Gasteiger partial charge in [0.05, 0.1) is 16.3 Å². The zero-order valence-electron chi connectivity index (χ0n) is 11.9. The van der Waals surface area contributed by atoms with E-state index < -0.39 is 10.0 Å². The number of fused-ring (bicyclic) bond motifs is 1. The molecule has 1 aliphatic rings. The maximum atomic E-state index is 12.5. The summed E-state index contributed by atoms with van der Waals surface area (Å²) in [6.07, 6.45) is 3.08. The van der Waals surface area contributed by atoms with E-state index in [1.165, 1.54) is 5.56 Å². The molecule has 0 amide bonds. The Kier molecular flexibility index (Phi) is 3.37. The molecule has 0 heterocycles. The minimum absolute atomic E-state index is 0.297. The van der Waals surface area contributed by atoms with Crippen molar-refractivity contribution in [2.75, 3.05) is 10.5 Å². The highest BCUT2D eigenvalue weighted by Gasteiger charge is 2.20. The van der Waals surface area contributed by atoms with E-state index >= 15 is 0 Å². The van der Waals surface area contributed by atoms with Crippen molar-refractivity contribution in [1.29, 1.82) is 0 Å². The number of hydrogen-bond acceptors (Lipinski definition) is 3. The van der Waals surface area contributed by atoms with Gasteiger partial charge in [0, 0.05) is 0 Å². The highest BCUT2D eigenvalue weighted by atomic mass is 32.2. The van der Waals surface area contributed by atoms with E-state index in [0.29, 0.717) is 16.3 Å². The number of sulfonamides is 1. The summed E-state index contributed by atoms with van der Waals surface area (Å²) < 4.78 is 27.7. The summed E-state index contributed by atoms with van der Waals surface area (Å²) in [4.78, 5) is 0.297. The van der Waals surface area contributed by atoms with Gasteiger partial charge < -0.3 is 5.73 Å². The molecule has 110 valence electrons. The van der Waals surface area contributed by atoms with Crippen LogP contribution in [0.15, 0.2) is 41.3 Å². The predicted octanol–water partition coefficient (Wildman–Crippen LogP) is 2.87. The van der Waals surface area contributed by atoms with Crippen LogP contribution >= 0.6 is 0 Å². The fraction of sp³-hybridized carbons (Fsp3) is 0.250. The first kappa shape index (κ1) is 13.9. The minimum Gasteiger partial charge on any atom is -0.397 e. The zero-order chi connectivity index (χ0) is 15.0. The highest BCUT2D eigenvalue weighted by Crippen LogP contribution is 2.28. The first-order valence-electron chi connectivity index (χ1n) is 6.97. The van der Waals surface area contributed by atoms with Gasteiger partial charge in [-0.05, 0) is 61.1 Å². The summed E-state index contributed by atoms with van der Waals surface area (Å²) in [7, 11) is -3.61. The molecule has 2 aromatic carbocycles. The van der Waals surface area contributed by atoms with Gasteiger partial charge in [-0.2, -0.15) is 0 Å². The van der Waals surface area contributed by atoms with Crippen LogP contribution in [0.3, 0.4) is 0 Å². The Morgan fingerprint density at radius 3 is 2.62 bits per heavy atom. The number of anilines is 2.